The normalized spacial score (nSPS) is 11.4. The van der Waals surface area contributed by atoms with Gasteiger partial charge in [-0.1, -0.05) is 22.0 Å². The maximum absolute atomic E-state index is 13.4. The number of hydrogen-bond acceptors (Lipinski definition) is 6. The molecular weight excluding hydrogens is 471 g/mol. The zero-order valence-electron chi connectivity index (χ0n) is 17.2. The molecule has 2 rings (SSSR count). The van der Waals surface area contributed by atoms with Crippen LogP contribution >= 0.6 is 15.9 Å². The molecule has 0 spiro atoms. The molecule has 0 aromatic heterocycles. The molecule has 0 heterocycles. The van der Waals surface area contributed by atoms with E-state index in [0.717, 1.165) is 15.1 Å². The maximum atomic E-state index is 13.4. The van der Waals surface area contributed by atoms with E-state index >= 15 is 0 Å². The zero-order valence-corrected chi connectivity index (χ0v) is 18.8. The second kappa shape index (κ2) is 11.4. The van der Waals surface area contributed by atoms with Crippen molar-refractivity contribution in [2.75, 3.05) is 24.5 Å². The predicted octanol–water partition coefficient (Wildman–Crippen LogP) is 3.13. The quantitative estimate of drug-likeness (QED) is 0.431. The molecule has 0 radical (unpaired) electrons. The first-order chi connectivity index (χ1) is 14.7. The van der Waals surface area contributed by atoms with Crippen LogP contribution in [0, 0.1) is 5.82 Å². The molecule has 2 aromatic rings. The van der Waals surface area contributed by atoms with Gasteiger partial charge in [-0.3, -0.25) is 14.5 Å². The molecule has 31 heavy (non-hydrogen) atoms. The first-order valence-electron chi connectivity index (χ1n) is 9.48. The number of imide groups is 1. The van der Waals surface area contributed by atoms with Crippen LogP contribution in [0.15, 0.2) is 53.0 Å². The van der Waals surface area contributed by atoms with Crippen molar-refractivity contribution in [3.8, 4) is 0 Å². The Labute approximate surface area is 188 Å². The second-order valence-electron chi connectivity index (χ2n) is 6.56. The first-order valence-corrected chi connectivity index (χ1v) is 10.3. The van der Waals surface area contributed by atoms with Crippen molar-refractivity contribution in [3.05, 3.63) is 58.8 Å². The summed E-state index contributed by atoms with van der Waals surface area (Å²) in [5.74, 6) is -1.54. The second-order valence-corrected chi connectivity index (χ2v) is 7.48. The van der Waals surface area contributed by atoms with Crippen LogP contribution in [0.25, 0.3) is 0 Å². The fourth-order valence-electron chi connectivity index (χ4n) is 2.80. The Kier molecular flexibility index (Phi) is 8.95. The molecule has 1 unspecified atom stereocenters. The molecule has 0 bridgehead atoms. The molecule has 0 aliphatic carbocycles. The van der Waals surface area contributed by atoms with Crippen molar-refractivity contribution in [2.24, 2.45) is 5.73 Å². The summed E-state index contributed by atoms with van der Waals surface area (Å²) in [4.78, 5) is 38.8. The van der Waals surface area contributed by atoms with E-state index in [1.807, 2.05) is 29.2 Å². The van der Waals surface area contributed by atoms with E-state index in [2.05, 4.69) is 21.2 Å². The molecule has 10 heteroatoms. The monoisotopic (exact) mass is 494 g/mol. The lowest BCUT2D eigenvalue weighted by Gasteiger charge is -2.29. The van der Waals surface area contributed by atoms with E-state index in [0.29, 0.717) is 5.69 Å². The van der Waals surface area contributed by atoms with Crippen molar-refractivity contribution < 1.29 is 23.5 Å². The molecule has 0 fully saturated rings. The molecule has 0 aliphatic rings. The van der Waals surface area contributed by atoms with Gasteiger partial charge in [0.05, 0.1) is 6.54 Å². The number of urea groups is 1. The Morgan fingerprint density at radius 2 is 1.81 bits per heavy atom. The van der Waals surface area contributed by atoms with Gasteiger partial charge in [-0.25, -0.2) is 9.18 Å². The van der Waals surface area contributed by atoms with Crippen LogP contribution in [-0.4, -0.2) is 48.7 Å². The van der Waals surface area contributed by atoms with Gasteiger partial charge >= 0.3 is 12.0 Å². The highest BCUT2D eigenvalue weighted by molar-refractivity contribution is 9.10. The topological polar surface area (TPSA) is 105 Å². The highest BCUT2D eigenvalue weighted by Crippen LogP contribution is 2.27. The lowest BCUT2D eigenvalue weighted by atomic mass is 10.2. The minimum atomic E-state index is -0.955. The van der Waals surface area contributed by atoms with Crippen LogP contribution in [0.3, 0.4) is 0 Å². The summed E-state index contributed by atoms with van der Waals surface area (Å²) in [6.07, 6.45) is -0.955. The number of amides is 3. The summed E-state index contributed by atoms with van der Waals surface area (Å²) in [6, 6.07) is 12.6. The molecule has 1 atom stereocenters. The predicted molar refractivity (Wildman–Crippen MR) is 118 cm³/mol. The van der Waals surface area contributed by atoms with Crippen LogP contribution in [0.4, 0.5) is 20.6 Å². The number of carbonyl (C=O) groups excluding carboxylic acids is 3. The summed E-state index contributed by atoms with van der Waals surface area (Å²) in [5, 5.41) is 2.44. The van der Waals surface area contributed by atoms with E-state index in [-0.39, 0.29) is 25.5 Å². The minimum absolute atomic E-state index is 0.0304. The lowest BCUT2D eigenvalue weighted by Crippen LogP contribution is -2.49. The van der Waals surface area contributed by atoms with Crippen LogP contribution in [0.2, 0.25) is 0 Å². The Balaban J connectivity index is 2.18. The SMILES string of the molecule is CC(=O)N(CCN(c1ccc(F)cc1)c1cccc(Br)c1)C(=O)NC(C)OC(=O)CN. The Bertz CT molecular complexity index is 926. The standard InChI is InChI=1S/C21H24BrFN4O4/c1-14(31-20(29)13-24)25-21(30)26(15(2)28)10-11-27(18-8-6-17(23)7-9-18)19-5-3-4-16(22)12-19/h3-9,12,14H,10-11,13,24H2,1-2H3,(H,25,30). The maximum Gasteiger partial charge on any atom is 0.326 e. The van der Waals surface area contributed by atoms with E-state index < -0.39 is 24.1 Å². The zero-order chi connectivity index (χ0) is 23.0. The van der Waals surface area contributed by atoms with Gasteiger partial charge in [-0.2, -0.15) is 0 Å². The van der Waals surface area contributed by atoms with Crippen molar-refractivity contribution in [1.82, 2.24) is 10.2 Å². The summed E-state index contributed by atoms with van der Waals surface area (Å²) < 4.78 is 19.1. The summed E-state index contributed by atoms with van der Waals surface area (Å²) in [7, 11) is 0. The first kappa shape index (κ1) is 24.3. The van der Waals surface area contributed by atoms with Gasteiger partial charge in [0.2, 0.25) is 5.91 Å². The lowest BCUT2D eigenvalue weighted by molar-refractivity contribution is -0.147. The molecule has 166 valence electrons. The van der Waals surface area contributed by atoms with Crippen LogP contribution in [-0.2, 0) is 14.3 Å². The molecule has 3 amide bonds. The van der Waals surface area contributed by atoms with E-state index in [1.54, 1.807) is 12.1 Å². The summed E-state index contributed by atoms with van der Waals surface area (Å²) in [5.41, 5.74) is 6.66. The number of esters is 1. The van der Waals surface area contributed by atoms with Crippen molar-refractivity contribution in [1.29, 1.82) is 0 Å². The van der Waals surface area contributed by atoms with Crippen molar-refractivity contribution in [3.63, 3.8) is 0 Å². The largest absolute Gasteiger partial charge is 0.441 e. The Hall–Kier alpha value is -2.98. The average Bonchev–Trinajstić information content (AvgIpc) is 2.71. The fourth-order valence-corrected chi connectivity index (χ4v) is 3.19. The third-order valence-corrected chi connectivity index (χ3v) is 4.73. The number of carbonyl (C=O) groups is 3. The van der Waals surface area contributed by atoms with Gasteiger partial charge in [-0.15, -0.1) is 0 Å². The van der Waals surface area contributed by atoms with Crippen LogP contribution in [0.5, 0.6) is 0 Å². The van der Waals surface area contributed by atoms with Crippen molar-refractivity contribution in [2.45, 2.75) is 20.1 Å². The molecule has 0 saturated heterocycles. The van der Waals surface area contributed by atoms with E-state index in [1.165, 1.54) is 26.0 Å². The number of nitrogens with one attached hydrogen (secondary N) is 1. The number of benzene rings is 2. The van der Waals surface area contributed by atoms with Gasteiger partial charge in [0.1, 0.15) is 5.82 Å². The number of rotatable bonds is 8. The number of ether oxygens (including phenoxy) is 1. The molecule has 3 N–H and O–H groups in total. The third-order valence-electron chi connectivity index (χ3n) is 4.23. The van der Waals surface area contributed by atoms with Gasteiger partial charge in [-0.05, 0) is 49.4 Å². The molecule has 8 nitrogen and oxygen atoms in total. The molecular formula is C21H24BrFN4O4. The highest BCUT2D eigenvalue weighted by atomic mass is 79.9. The Morgan fingerprint density at radius 3 is 2.39 bits per heavy atom. The smallest absolute Gasteiger partial charge is 0.326 e. The summed E-state index contributed by atoms with van der Waals surface area (Å²) in [6.45, 7) is 2.66. The molecule has 2 aromatic carbocycles. The molecule has 0 aliphatic heterocycles. The van der Waals surface area contributed by atoms with Gasteiger partial charge in [0.25, 0.3) is 0 Å². The van der Waals surface area contributed by atoms with E-state index in [9.17, 15) is 18.8 Å². The minimum Gasteiger partial charge on any atom is -0.441 e. The number of nitrogens with two attached hydrogens (primary N) is 1. The Morgan fingerprint density at radius 1 is 1.13 bits per heavy atom. The van der Waals surface area contributed by atoms with Gasteiger partial charge in [0, 0.05) is 35.9 Å². The van der Waals surface area contributed by atoms with Gasteiger partial charge < -0.3 is 20.7 Å². The van der Waals surface area contributed by atoms with E-state index in [4.69, 9.17) is 10.5 Å². The van der Waals surface area contributed by atoms with Gasteiger partial charge in [0.15, 0.2) is 6.23 Å². The van der Waals surface area contributed by atoms with Crippen molar-refractivity contribution >= 4 is 45.2 Å². The highest BCUT2D eigenvalue weighted by Gasteiger charge is 2.22. The number of anilines is 2. The van der Waals surface area contributed by atoms with Crippen LogP contribution in [0.1, 0.15) is 13.8 Å². The number of halogens is 2. The number of nitrogens with zero attached hydrogens (tertiary/aromatic N) is 2. The summed E-state index contributed by atoms with van der Waals surface area (Å²) >= 11 is 3.43. The molecule has 0 saturated carbocycles. The fraction of sp³-hybridized carbons (Fsp3) is 0.286. The third kappa shape index (κ3) is 7.34. The average molecular weight is 495 g/mol. The van der Waals surface area contributed by atoms with Crippen LogP contribution < -0.4 is 16.0 Å². The number of hydrogen-bond donors (Lipinski definition) is 2.